The van der Waals surface area contributed by atoms with Crippen LogP contribution in [-0.4, -0.2) is 16.6 Å². The Morgan fingerprint density at radius 1 is 0.654 bits per heavy atom. The van der Waals surface area contributed by atoms with Crippen molar-refractivity contribution in [1.29, 1.82) is 0 Å². The van der Waals surface area contributed by atoms with Crippen LogP contribution in [0, 0.1) is 27.7 Å². The zero-order valence-electron chi connectivity index (χ0n) is 15.5. The van der Waals surface area contributed by atoms with Gasteiger partial charge in [-0.05, 0) is 63.1 Å². The number of hydrogen-bond donors (Lipinski definition) is 0. The molecule has 3 rings (SSSR count). The maximum absolute atomic E-state index is 12.9. The Kier molecular flexibility index (Phi) is 4.81. The SMILES string of the molecule is Cc1ccc(C)c(C(=O)c2cccc(C(=O)c3cc(C)ccc3C)n2)c1. The van der Waals surface area contributed by atoms with Gasteiger partial charge in [0, 0.05) is 11.1 Å². The first-order valence-corrected chi connectivity index (χ1v) is 8.58. The fourth-order valence-electron chi connectivity index (χ4n) is 2.92. The van der Waals surface area contributed by atoms with Crippen LogP contribution >= 0.6 is 0 Å². The van der Waals surface area contributed by atoms with Gasteiger partial charge in [0.15, 0.2) is 0 Å². The standard InChI is InChI=1S/C23H21NO2/c1-14-8-10-16(3)18(12-14)22(25)20-6-5-7-21(24-20)23(26)19-13-15(2)9-11-17(19)4/h5-13H,1-4H3. The average molecular weight is 343 g/mol. The Morgan fingerprint density at radius 3 is 1.50 bits per heavy atom. The van der Waals surface area contributed by atoms with Gasteiger partial charge >= 0.3 is 0 Å². The van der Waals surface area contributed by atoms with Crippen molar-refractivity contribution in [2.24, 2.45) is 0 Å². The molecule has 3 heteroatoms. The molecule has 1 aromatic heterocycles. The van der Waals surface area contributed by atoms with E-state index in [9.17, 15) is 9.59 Å². The van der Waals surface area contributed by atoms with Crippen LogP contribution in [0.3, 0.4) is 0 Å². The van der Waals surface area contributed by atoms with Crippen LogP contribution in [0.5, 0.6) is 0 Å². The average Bonchev–Trinajstić information content (AvgIpc) is 2.64. The lowest BCUT2D eigenvalue weighted by atomic mass is 9.98. The van der Waals surface area contributed by atoms with E-state index in [1.165, 1.54) is 0 Å². The number of rotatable bonds is 4. The molecule has 0 N–H and O–H groups in total. The van der Waals surface area contributed by atoms with Crippen LogP contribution in [0.2, 0.25) is 0 Å². The third-order valence-electron chi connectivity index (χ3n) is 4.49. The molecular formula is C23H21NO2. The molecular weight excluding hydrogens is 322 g/mol. The van der Waals surface area contributed by atoms with Gasteiger partial charge in [-0.3, -0.25) is 9.59 Å². The number of benzene rings is 2. The van der Waals surface area contributed by atoms with Crippen molar-refractivity contribution in [3.8, 4) is 0 Å². The van der Waals surface area contributed by atoms with Gasteiger partial charge in [0.2, 0.25) is 11.6 Å². The molecule has 0 saturated carbocycles. The summed E-state index contributed by atoms with van der Waals surface area (Å²) < 4.78 is 0. The molecule has 26 heavy (non-hydrogen) atoms. The lowest BCUT2D eigenvalue weighted by molar-refractivity contribution is 0.103. The lowest BCUT2D eigenvalue weighted by Crippen LogP contribution is -2.12. The molecule has 0 saturated heterocycles. The molecule has 2 aromatic carbocycles. The Balaban J connectivity index is 2.00. The summed E-state index contributed by atoms with van der Waals surface area (Å²) in [6.07, 6.45) is 0. The summed E-state index contributed by atoms with van der Waals surface area (Å²) in [5.74, 6) is -0.330. The number of aromatic nitrogens is 1. The van der Waals surface area contributed by atoms with Gasteiger partial charge in [-0.15, -0.1) is 0 Å². The van der Waals surface area contributed by atoms with Gasteiger partial charge in [0.25, 0.3) is 0 Å². The second-order valence-corrected chi connectivity index (χ2v) is 6.70. The van der Waals surface area contributed by atoms with Gasteiger partial charge in [0.1, 0.15) is 11.4 Å². The van der Waals surface area contributed by atoms with Crippen molar-refractivity contribution in [3.05, 3.63) is 99.4 Å². The molecule has 0 fully saturated rings. The Morgan fingerprint density at radius 2 is 1.08 bits per heavy atom. The van der Waals surface area contributed by atoms with E-state index in [-0.39, 0.29) is 23.0 Å². The van der Waals surface area contributed by atoms with Crippen LogP contribution in [0.25, 0.3) is 0 Å². The Hall–Kier alpha value is -3.07. The molecule has 0 bridgehead atoms. The second kappa shape index (κ2) is 7.04. The van der Waals surface area contributed by atoms with E-state index < -0.39 is 0 Å². The van der Waals surface area contributed by atoms with E-state index in [1.807, 2.05) is 64.1 Å². The highest BCUT2D eigenvalue weighted by Gasteiger charge is 2.18. The van der Waals surface area contributed by atoms with Crippen molar-refractivity contribution in [2.45, 2.75) is 27.7 Å². The molecule has 1 heterocycles. The predicted molar refractivity (Wildman–Crippen MR) is 103 cm³/mol. The van der Waals surface area contributed by atoms with Gasteiger partial charge < -0.3 is 0 Å². The van der Waals surface area contributed by atoms with Crippen molar-refractivity contribution >= 4 is 11.6 Å². The van der Waals surface area contributed by atoms with E-state index in [2.05, 4.69) is 4.98 Å². The maximum Gasteiger partial charge on any atom is 0.211 e. The molecule has 0 radical (unpaired) electrons. The van der Waals surface area contributed by atoms with Crippen LogP contribution < -0.4 is 0 Å². The van der Waals surface area contributed by atoms with E-state index in [0.29, 0.717) is 11.1 Å². The summed E-state index contributed by atoms with van der Waals surface area (Å²) in [4.78, 5) is 30.1. The Labute approximate surface area is 153 Å². The summed E-state index contributed by atoms with van der Waals surface area (Å²) in [6.45, 7) is 7.70. The van der Waals surface area contributed by atoms with Crippen LogP contribution in [-0.2, 0) is 0 Å². The highest BCUT2D eigenvalue weighted by molar-refractivity contribution is 6.11. The quantitative estimate of drug-likeness (QED) is 0.641. The van der Waals surface area contributed by atoms with Crippen molar-refractivity contribution in [3.63, 3.8) is 0 Å². The number of carbonyl (C=O) groups is 2. The molecule has 130 valence electrons. The molecule has 3 aromatic rings. The number of hydrogen-bond acceptors (Lipinski definition) is 3. The first-order chi connectivity index (χ1) is 12.4. The number of pyridine rings is 1. The third-order valence-corrected chi connectivity index (χ3v) is 4.49. The van der Waals surface area contributed by atoms with E-state index in [0.717, 1.165) is 22.3 Å². The van der Waals surface area contributed by atoms with Crippen molar-refractivity contribution in [2.75, 3.05) is 0 Å². The second-order valence-electron chi connectivity index (χ2n) is 6.70. The first-order valence-electron chi connectivity index (χ1n) is 8.58. The molecule has 0 amide bonds. The number of nitrogens with zero attached hydrogens (tertiary/aromatic N) is 1. The molecule has 0 atom stereocenters. The highest BCUT2D eigenvalue weighted by atomic mass is 16.1. The number of ketones is 2. The molecule has 0 aliphatic carbocycles. The van der Waals surface area contributed by atoms with Crippen molar-refractivity contribution < 1.29 is 9.59 Å². The predicted octanol–water partition coefficient (Wildman–Crippen LogP) is 4.78. The lowest BCUT2D eigenvalue weighted by Gasteiger charge is -2.09. The van der Waals surface area contributed by atoms with Crippen LogP contribution in [0.4, 0.5) is 0 Å². The normalized spacial score (nSPS) is 10.6. The summed E-state index contributed by atoms with van der Waals surface area (Å²) >= 11 is 0. The van der Waals surface area contributed by atoms with Gasteiger partial charge in [0.05, 0.1) is 0 Å². The summed E-state index contributed by atoms with van der Waals surface area (Å²) in [5, 5.41) is 0. The number of aryl methyl sites for hydroxylation is 4. The smallest absolute Gasteiger partial charge is 0.211 e. The summed E-state index contributed by atoms with van der Waals surface area (Å²) in [6, 6.07) is 16.5. The van der Waals surface area contributed by atoms with Crippen LogP contribution in [0.15, 0.2) is 54.6 Å². The zero-order chi connectivity index (χ0) is 18.8. The molecule has 3 nitrogen and oxygen atoms in total. The van der Waals surface area contributed by atoms with E-state index >= 15 is 0 Å². The molecule has 0 spiro atoms. The largest absolute Gasteiger partial charge is 0.287 e. The van der Waals surface area contributed by atoms with Gasteiger partial charge in [-0.25, -0.2) is 4.98 Å². The molecule has 0 aliphatic heterocycles. The minimum atomic E-state index is -0.165. The fourth-order valence-corrected chi connectivity index (χ4v) is 2.92. The van der Waals surface area contributed by atoms with E-state index in [1.54, 1.807) is 18.2 Å². The molecule has 0 unspecified atom stereocenters. The monoisotopic (exact) mass is 343 g/mol. The van der Waals surface area contributed by atoms with Gasteiger partial charge in [-0.1, -0.05) is 41.5 Å². The van der Waals surface area contributed by atoms with E-state index in [4.69, 9.17) is 0 Å². The fraction of sp³-hybridized carbons (Fsp3) is 0.174. The first kappa shape index (κ1) is 17.7. The zero-order valence-corrected chi connectivity index (χ0v) is 15.5. The van der Waals surface area contributed by atoms with Crippen molar-refractivity contribution in [1.82, 2.24) is 4.98 Å². The molecule has 0 aliphatic rings. The number of carbonyl (C=O) groups excluding carboxylic acids is 2. The minimum absolute atomic E-state index is 0.165. The maximum atomic E-state index is 12.9. The highest BCUT2D eigenvalue weighted by Crippen LogP contribution is 2.18. The topological polar surface area (TPSA) is 47.0 Å². The summed E-state index contributed by atoms with van der Waals surface area (Å²) in [5.41, 5.74) is 5.64. The van der Waals surface area contributed by atoms with Crippen LogP contribution in [0.1, 0.15) is 54.4 Å². The Bertz CT molecular complexity index is 940. The van der Waals surface area contributed by atoms with Gasteiger partial charge in [-0.2, -0.15) is 0 Å². The minimum Gasteiger partial charge on any atom is -0.287 e. The summed E-state index contributed by atoms with van der Waals surface area (Å²) in [7, 11) is 0. The third kappa shape index (κ3) is 3.47.